The second kappa shape index (κ2) is 7.24. The molecule has 14 heavy (non-hydrogen) atoms. The monoisotopic (exact) mass is 230 g/mol. The molecule has 0 aromatic carbocycles. The number of carboxylic acids is 2. The van der Waals surface area contributed by atoms with Gasteiger partial charge in [-0.05, 0) is 6.42 Å². The quantitative estimate of drug-likeness (QED) is 0.479. The largest absolute Gasteiger partial charge is 0.481 e. The van der Waals surface area contributed by atoms with E-state index in [0.717, 1.165) is 0 Å². The Bertz CT molecular complexity index is 256. The van der Waals surface area contributed by atoms with Gasteiger partial charge in [0.2, 0.25) is 0 Å². The third-order valence-corrected chi connectivity index (χ3v) is 0.781. The van der Waals surface area contributed by atoms with Gasteiger partial charge >= 0.3 is 22.3 Å². The van der Waals surface area contributed by atoms with Crippen LogP contribution in [0.25, 0.3) is 0 Å². The highest BCUT2D eigenvalue weighted by molar-refractivity contribution is 7.79. The fourth-order valence-corrected chi connectivity index (χ4v) is 0.391. The fourth-order valence-electron chi connectivity index (χ4n) is 0.391. The molecule has 0 bridgehead atoms. The van der Waals surface area contributed by atoms with Gasteiger partial charge in [-0.25, -0.2) is 0 Å². The van der Waals surface area contributed by atoms with E-state index in [1.54, 1.807) is 0 Å². The lowest BCUT2D eigenvalue weighted by atomic mass is 10.2. The van der Waals surface area contributed by atoms with E-state index in [0.29, 0.717) is 0 Å². The molecule has 0 aliphatic rings. The van der Waals surface area contributed by atoms with Crippen molar-refractivity contribution in [1.29, 1.82) is 0 Å². The highest BCUT2D eigenvalue weighted by Crippen LogP contribution is 1.93. The van der Waals surface area contributed by atoms with Crippen molar-refractivity contribution in [1.82, 2.24) is 0 Å². The minimum atomic E-state index is -4.67. The lowest BCUT2D eigenvalue weighted by Crippen LogP contribution is -1.98. The molecule has 4 N–H and O–H groups in total. The summed E-state index contributed by atoms with van der Waals surface area (Å²) in [6, 6.07) is 0. The standard InChI is InChI=1S/C5H8O4.H2O4S/c6-4(7)2-1-3-5(8)9;1-5(2,3)4/h1-3H2,(H,6,7)(H,8,9);(H2,1,2,3,4). The van der Waals surface area contributed by atoms with Crippen LogP contribution in [0.1, 0.15) is 19.3 Å². The van der Waals surface area contributed by atoms with Gasteiger partial charge in [-0.15, -0.1) is 0 Å². The molecule has 84 valence electrons. The molecule has 0 aliphatic heterocycles. The van der Waals surface area contributed by atoms with E-state index in [4.69, 9.17) is 27.7 Å². The molecular weight excluding hydrogens is 220 g/mol. The van der Waals surface area contributed by atoms with Crippen molar-refractivity contribution < 1.29 is 37.3 Å². The SMILES string of the molecule is O=C(O)CCCC(=O)O.O=S(=O)(O)O. The third kappa shape index (κ3) is 45.0. The summed E-state index contributed by atoms with van der Waals surface area (Å²) in [6.45, 7) is 0. The number of hydrogen-bond acceptors (Lipinski definition) is 4. The molecule has 0 saturated carbocycles. The van der Waals surface area contributed by atoms with Crippen LogP contribution >= 0.6 is 0 Å². The van der Waals surface area contributed by atoms with Gasteiger partial charge in [-0.2, -0.15) is 8.42 Å². The van der Waals surface area contributed by atoms with Gasteiger partial charge in [0.05, 0.1) is 0 Å². The lowest BCUT2D eigenvalue weighted by Gasteiger charge is -1.89. The first kappa shape index (κ1) is 15.3. The van der Waals surface area contributed by atoms with Crippen LogP contribution in [0, 0.1) is 0 Å². The molecule has 0 fully saturated rings. The van der Waals surface area contributed by atoms with E-state index in [2.05, 4.69) is 0 Å². The van der Waals surface area contributed by atoms with Crippen LogP contribution in [0.5, 0.6) is 0 Å². The van der Waals surface area contributed by atoms with Gasteiger partial charge in [0.15, 0.2) is 0 Å². The van der Waals surface area contributed by atoms with Crippen molar-refractivity contribution in [3.63, 3.8) is 0 Å². The Morgan fingerprint density at radius 1 is 0.929 bits per heavy atom. The summed E-state index contributed by atoms with van der Waals surface area (Å²) in [6.07, 6.45) is 0.0866. The molecule has 0 radical (unpaired) electrons. The third-order valence-electron chi connectivity index (χ3n) is 0.781. The summed E-state index contributed by atoms with van der Waals surface area (Å²) in [5.41, 5.74) is 0. The summed E-state index contributed by atoms with van der Waals surface area (Å²) >= 11 is 0. The van der Waals surface area contributed by atoms with Crippen molar-refractivity contribution in [2.24, 2.45) is 0 Å². The van der Waals surface area contributed by atoms with Gasteiger partial charge in [0.25, 0.3) is 0 Å². The number of carboxylic acid groups (broad SMARTS) is 2. The molecule has 0 amide bonds. The van der Waals surface area contributed by atoms with E-state index < -0.39 is 22.3 Å². The molecule has 0 aromatic rings. The van der Waals surface area contributed by atoms with Crippen LogP contribution in [0.3, 0.4) is 0 Å². The minimum absolute atomic E-state index is 0.0632. The maximum Gasteiger partial charge on any atom is 0.394 e. The first-order valence-corrected chi connectivity index (χ1v) is 4.66. The van der Waals surface area contributed by atoms with E-state index in [9.17, 15) is 9.59 Å². The van der Waals surface area contributed by atoms with Gasteiger partial charge in [-0.3, -0.25) is 18.7 Å². The average molecular weight is 230 g/mol. The molecule has 8 nitrogen and oxygen atoms in total. The second-order valence-electron chi connectivity index (χ2n) is 2.09. The van der Waals surface area contributed by atoms with Crippen LogP contribution in [0.4, 0.5) is 0 Å². The zero-order chi connectivity index (χ0) is 11.8. The van der Waals surface area contributed by atoms with Crippen molar-refractivity contribution in [3.8, 4) is 0 Å². The molecular formula is C5H10O8S. The fraction of sp³-hybridized carbons (Fsp3) is 0.600. The lowest BCUT2D eigenvalue weighted by molar-refractivity contribution is -0.138. The maximum atomic E-state index is 9.79. The smallest absolute Gasteiger partial charge is 0.394 e. The topological polar surface area (TPSA) is 149 Å². The summed E-state index contributed by atoms with van der Waals surface area (Å²) in [5, 5.41) is 16.1. The molecule has 0 rings (SSSR count). The van der Waals surface area contributed by atoms with Gasteiger partial charge < -0.3 is 10.2 Å². The summed E-state index contributed by atoms with van der Waals surface area (Å²) in [5.74, 6) is -1.90. The van der Waals surface area contributed by atoms with Crippen molar-refractivity contribution in [2.75, 3.05) is 0 Å². The van der Waals surface area contributed by atoms with E-state index in [1.165, 1.54) is 0 Å². The van der Waals surface area contributed by atoms with Crippen LogP contribution in [0.15, 0.2) is 0 Å². The Hall–Kier alpha value is -1.19. The molecule has 0 heterocycles. The van der Waals surface area contributed by atoms with Crippen molar-refractivity contribution in [3.05, 3.63) is 0 Å². The predicted molar refractivity (Wildman–Crippen MR) is 43.3 cm³/mol. The Labute approximate surface area is 79.7 Å². The van der Waals surface area contributed by atoms with E-state index in [-0.39, 0.29) is 19.3 Å². The van der Waals surface area contributed by atoms with Gasteiger partial charge in [0.1, 0.15) is 0 Å². The molecule has 0 saturated heterocycles. The maximum absolute atomic E-state index is 9.79. The van der Waals surface area contributed by atoms with Crippen molar-refractivity contribution in [2.45, 2.75) is 19.3 Å². The Balaban J connectivity index is 0. The molecule has 0 atom stereocenters. The highest BCUT2D eigenvalue weighted by Gasteiger charge is 1.99. The zero-order valence-corrected chi connectivity index (χ0v) is 7.77. The second-order valence-corrected chi connectivity index (χ2v) is 2.98. The van der Waals surface area contributed by atoms with Crippen LogP contribution in [-0.4, -0.2) is 39.7 Å². The molecule has 0 aliphatic carbocycles. The summed E-state index contributed by atoms with van der Waals surface area (Å²) < 4.78 is 31.6. The van der Waals surface area contributed by atoms with Gasteiger partial charge in [0, 0.05) is 12.8 Å². The van der Waals surface area contributed by atoms with Crippen LogP contribution in [0.2, 0.25) is 0 Å². The zero-order valence-electron chi connectivity index (χ0n) is 6.95. The predicted octanol–water partition coefficient (Wildman–Crippen LogP) is -0.327. The summed E-state index contributed by atoms with van der Waals surface area (Å²) in [4.78, 5) is 19.6. The Kier molecular flexibility index (Phi) is 7.90. The highest BCUT2D eigenvalue weighted by atomic mass is 32.3. The van der Waals surface area contributed by atoms with Crippen LogP contribution in [-0.2, 0) is 20.0 Å². The van der Waals surface area contributed by atoms with Gasteiger partial charge in [-0.1, -0.05) is 0 Å². The molecule has 0 spiro atoms. The normalized spacial score (nSPS) is 9.86. The number of rotatable bonds is 4. The van der Waals surface area contributed by atoms with Crippen molar-refractivity contribution >= 4 is 22.3 Å². The number of hydrogen-bond donors (Lipinski definition) is 4. The summed E-state index contributed by atoms with van der Waals surface area (Å²) in [7, 11) is -4.67. The Morgan fingerprint density at radius 2 is 1.14 bits per heavy atom. The first-order chi connectivity index (χ1) is 6.13. The minimum Gasteiger partial charge on any atom is -0.481 e. The van der Waals surface area contributed by atoms with Crippen LogP contribution < -0.4 is 0 Å². The Morgan fingerprint density at radius 3 is 1.29 bits per heavy atom. The average Bonchev–Trinajstić information content (AvgIpc) is 1.80. The molecule has 9 heteroatoms. The van der Waals surface area contributed by atoms with E-state index >= 15 is 0 Å². The molecule has 0 unspecified atom stereocenters. The number of aliphatic carboxylic acids is 2. The molecule has 0 aromatic heterocycles. The number of carbonyl (C=O) groups is 2. The van der Waals surface area contributed by atoms with E-state index in [1.807, 2.05) is 0 Å². The first-order valence-electron chi connectivity index (χ1n) is 3.26.